The van der Waals surface area contributed by atoms with Gasteiger partial charge in [0.2, 0.25) is 0 Å². The second-order valence-corrected chi connectivity index (χ2v) is 5.82. The molecule has 2 aromatic rings. The summed E-state index contributed by atoms with van der Waals surface area (Å²) in [6, 6.07) is 5.54. The Morgan fingerprint density at radius 3 is 2.38 bits per heavy atom. The molecule has 21 heavy (non-hydrogen) atoms. The monoisotopic (exact) mass is 326 g/mol. The topological polar surface area (TPSA) is 102 Å². The summed E-state index contributed by atoms with van der Waals surface area (Å²) >= 11 is 7.13. The zero-order valence-electron chi connectivity index (χ0n) is 10.8. The van der Waals surface area contributed by atoms with Gasteiger partial charge in [-0.1, -0.05) is 11.6 Å². The first-order valence-electron chi connectivity index (χ1n) is 5.73. The standard InChI is InChI=1S/C13H11ClN2O4S/c1-6(10-2-3-11(14)21-10)15-16-13(20)7-4-8(17)12(19)9(18)5-7/h2-5,17-19H,1H3,(H,16,20). The van der Waals surface area contributed by atoms with Gasteiger partial charge in [0, 0.05) is 5.56 Å². The number of amides is 1. The number of carbonyl (C=O) groups is 1. The van der Waals surface area contributed by atoms with Crippen LogP contribution in [0.2, 0.25) is 4.34 Å². The molecule has 0 atom stereocenters. The van der Waals surface area contributed by atoms with Gasteiger partial charge in [-0.25, -0.2) is 5.43 Å². The van der Waals surface area contributed by atoms with Crippen LogP contribution in [0.1, 0.15) is 22.2 Å². The van der Waals surface area contributed by atoms with Crippen LogP contribution in [-0.4, -0.2) is 26.9 Å². The van der Waals surface area contributed by atoms with Crippen LogP contribution in [0.4, 0.5) is 0 Å². The molecule has 1 amide bonds. The number of hydrazone groups is 1. The van der Waals surface area contributed by atoms with Crippen molar-refractivity contribution in [3.8, 4) is 17.2 Å². The fourth-order valence-electron chi connectivity index (χ4n) is 1.50. The van der Waals surface area contributed by atoms with Gasteiger partial charge in [-0.05, 0) is 31.2 Å². The first-order chi connectivity index (χ1) is 9.88. The summed E-state index contributed by atoms with van der Waals surface area (Å²) in [5.41, 5.74) is 2.81. The summed E-state index contributed by atoms with van der Waals surface area (Å²) in [5.74, 6) is -2.50. The van der Waals surface area contributed by atoms with E-state index in [1.54, 1.807) is 19.1 Å². The molecule has 0 bridgehead atoms. The van der Waals surface area contributed by atoms with Gasteiger partial charge in [0.15, 0.2) is 17.2 Å². The SMILES string of the molecule is CC(=NNC(=O)c1cc(O)c(O)c(O)c1)c1ccc(Cl)s1. The number of hydrogen-bond donors (Lipinski definition) is 4. The second-order valence-electron chi connectivity index (χ2n) is 4.11. The van der Waals surface area contributed by atoms with Crippen molar-refractivity contribution in [1.82, 2.24) is 5.43 Å². The van der Waals surface area contributed by atoms with Crippen molar-refractivity contribution >= 4 is 34.6 Å². The van der Waals surface area contributed by atoms with E-state index in [1.165, 1.54) is 11.3 Å². The minimum atomic E-state index is -0.681. The maximum atomic E-state index is 11.9. The first kappa shape index (κ1) is 15.1. The summed E-state index contributed by atoms with van der Waals surface area (Å²) < 4.78 is 0.610. The predicted molar refractivity (Wildman–Crippen MR) is 80.4 cm³/mol. The Bertz CT molecular complexity index is 704. The summed E-state index contributed by atoms with van der Waals surface area (Å²) in [6.07, 6.45) is 0. The Labute approximate surface area is 128 Å². The molecule has 0 aliphatic heterocycles. The van der Waals surface area contributed by atoms with Crippen molar-refractivity contribution in [2.24, 2.45) is 5.10 Å². The van der Waals surface area contributed by atoms with Crippen LogP contribution < -0.4 is 5.43 Å². The fourth-order valence-corrected chi connectivity index (χ4v) is 2.49. The van der Waals surface area contributed by atoms with E-state index in [-0.39, 0.29) is 5.56 Å². The molecule has 1 heterocycles. The second kappa shape index (κ2) is 6.02. The third kappa shape index (κ3) is 3.45. The van der Waals surface area contributed by atoms with Crippen LogP contribution in [0, 0.1) is 0 Å². The number of nitrogens with zero attached hydrogens (tertiary/aromatic N) is 1. The lowest BCUT2D eigenvalue weighted by atomic mass is 10.2. The number of hydrogen-bond acceptors (Lipinski definition) is 6. The lowest BCUT2D eigenvalue weighted by molar-refractivity contribution is 0.0954. The van der Waals surface area contributed by atoms with Gasteiger partial charge in [-0.2, -0.15) is 5.10 Å². The fraction of sp³-hybridized carbons (Fsp3) is 0.0769. The molecule has 4 N–H and O–H groups in total. The minimum Gasteiger partial charge on any atom is -0.504 e. The number of benzene rings is 1. The predicted octanol–water partition coefficient (Wildman–Crippen LogP) is 2.67. The Morgan fingerprint density at radius 1 is 1.24 bits per heavy atom. The number of phenols is 3. The largest absolute Gasteiger partial charge is 0.504 e. The third-order valence-corrected chi connectivity index (χ3v) is 3.93. The Morgan fingerprint density at radius 2 is 1.86 bits per heavy atom. The van der Waals surface area contributed by atoms with E-state index in [9.17, 15) is 20.1 Å². The van der Waals surface area contributed by atoms with E-state index in [0.717, 1.165) is 17.0 Å². The molecule has 0 spiro atoms. The molecule has 6 nitrogen and oxygen atoms in total. The average Bonchev–Trinajstić information content (AvgIpc) is 2.87. The summed E-state index contributed by atoms with van der Waals surface area (Å²) in [5, 5.41) is 31.8. The number of halogens is 1. The normalized spacial score (nSPS) is 11.4. The molecular formula is C13H11ClN2O4S. The van der Waals surface area contributed by atoms with Crippen molar-refractivity contribution in [2.75, 3.05) is 0 Å². The van der Waals surface area contributed by atoms with Gasteiger partial charge in [-0.15, -0.1) is 11.3 Å². The lowest BCUT2D eigenvalue weighted by Gasteiger charge is -2.05. The van der Waals surface area contributed by atoms with E-state index in [2.05, 4.69) is 10.5 Å². The van der Waals surface area contributed by atoms with Crippen molar-refractivity contribution in [3.63, 3.8) is 0 Å². The lowest BCUT2D eigenvalue weighted by Crippen LogP contribution is -2.19. The minimum absolute atomic E-state index is 0.0384. The molecular weight excluding hydrogens is 316 g/mol. The Kier molecular flexibility index (Phi) is 4.35. The van der Waals surface area contributed by atoms with Crippen LogP contribution in [0.15, 0.2) is 29.4 Å². The molecule has 0 unspecified atom stereocenters. The van der Waals surface area contributed by atoms with Crippen LogP contribution in [-0.2, 0) is 0 Å². The van der Waals surface area contributed by atoms with Gasteiger partial charge < -0.3 is 15.3 Å². The Hall–Kier alpha value is -2.25. The average molecular weight is 327 g/mol. The van der Waals surface area contributed by atoms with Gasteiger partial charge in [0.05, 0.1) is 14.9 Å². The molecule has 0 aliphatic rings. The summed E-state index contributed by atoms with van der Waals surface area (Å²) in [4.78, 5) is 12.7. The number of phenolic OH excluding ortho intramolecular Hbond substituents is 3. The van der Waals surface area contributed by atoms with Gasteiger partial charge in [0.25, 0.3) is 5.91 Å². The van der Waals surface area contributed by atoms with Crippen LogP contribution in [0.25, 0.3) is 0 Å². The maximum Gasteiger partial charge on any atom is 0.271 e. The summed E-state index contributed by atoms with van der Waals surface area (Å²) in [7, 11) is 0. The van der Waals surface area contributed by atoms with Crippen LogP contribution >= 0.6 is 22.9 Å². The molecule has 2 rings (SSSR count). The number of nitrogens with one attached hydrogen (secondary N) is 1. The van der Waals surface area contributed by atoms with Crippen molar-refractivity contribution in [3.05, 3.63) is 39.0 Å². The van der Waals surface area contributed by atoms with Crippen LogP contribution in [0.5, 0.6) is 17.2 Å². The van der Waals surface area contributed by atoms with Gasteiger partial charge in [-0.3, -0.25) is 4.79 Å². The highest BCUT2D eigenvalue weighted by molar-refractivity contribution is 7.18. The van der Waals surface area contributed by atoms with Gasteiger partial charge >= 0.3 is 0 Å². The molecule has 1 aromatic heterocycles. The quantitative estimate of drug-likeness (QED) is 0.395. The van der Waals surface area contributed by atoms with E-state index < -0.39 is 23.2 Å². The van der Waals surface area contributed by atoms with Crippen molar-refractivity contribution in [2.45, 2.75) is 6.92 Å². The summed E-state index contributed by atoms with van der Waals surface area (Å²) in [6.45, 7) is 1.70. The number of carbonyl (C=O) groups excluding carboxylic acids is 1. The molecule has 0 radical (unpaired) electrons. The van der Waals surface area contributed by atoms with Crippen LogP contribution in [0.3, 0.4) is 0 Å². The maximum absolute atomic E-state index is 11.9. The van der Waals surface area contributed by atoms with Gasteiger partial charge in [0.1, 0.15) is 0 Å². The highest BCUT2D eigenvalue weighted by Gasteiger charge is 2.13. The molecule has 0 aliphatic carbocycles. The van der Waals surface area contributed by atoms with E-state index in [0.29, 0.717) is 10.0 Å². The Balaban J connectivity index is 2.15. The molecule has 1 aromatic carbocycles. The first-order valence-corrected chi connectivity index (χ1v) is 6.93. The van der Waals surface area contributed by atoms with E-state index in [1.807, 2.05) is 0 Å². The smallest absolute Gasteiger partial charge is 0.271 e. The molecule has 0 saturated carbocycles. The molecule has 0 fully saturated rings. The van der Waals surface area contributed by atoms with E-state index in [4.69, 9.17) is 11.6 Å². The number of rotatable bonds is 3. The van der Waals surface area contributed by atoms with Crippen molar-refractivity contribution in [1.29, 1.82) is 0 Å². The third-order valence-electron chi connectivity index (χ3n) is 2.59. The zero-order valence-corrected chi connectivity index (χ0v) is 12.4. The molecule has 8 heteroatoms. The number of thiophene rings is 1. The zero-order chi connectivity index (χ0) is 15.6. The highest BCUT2D eigenvalue weighted by Crippen LogP contribution is 2.35. The molecule has 110 valence electrons. The van der Waals surface area contributed by atoms with Crippen molar-refractivity contribution < 1.29 is 20.1 Å². The van der Waals surface area contributed by atoms with E-state index >= 15 is 0 Å². The highest BCUT2D eigenvalue weighted by atomic mass is 35.5. The number of aromatic hydroxyl groups is 3. The molecule has 0 saturated heterocycles.